The third kappa shape index (κ3) is 2.30. The fourth-order valence-corrected chi connectivity index (χ4v) is 4.18. The molecule has 1 saturated heterocycles. The Morgan fingerprint density at radius 1 is 1.25 bits per heavy atom. The summed E-state index contributed by atoms with van der Waals surface area (Å²) in [6.07, 6.45) is -0.569. The summed E-state index contributed by atoms with van der Waals surface area (Å²) in [6.45, 7) is 2.16. The number of aromatic nitrogens is 2. The Kier molecular flexibility index (Phi) is 4.05. The molecule has 2 heterocycles. The summed E-state index contributed by atoms with van der Waals surface area (Å²) in [5, 5.41) is 3.95. The molecule has 1 fully saturated rings. The lowest BCUT2D eigenvalue weighted by molar-refractivity contribution is -0.00461. The predicted octanol–water partition coefficient (Wildman–Crippen LogP) is -0.655. The zero-order valence-electron chi connectivity index (χ0n) is 12.0. The number of methoxy groups -OCH3 is 2. The van der Waals surface area contributed by atoms with Crippen molar-refractivity contribution in [1.29, 1.82) is 0 Å². The largest absolute Gasteiger partial charge is 0.381 e. The van der Waals surface area contributed by atoms with Crippen LogP contribution >= 0.6 is 0 Å². The molecule has 0 aromatic carbocycles. The van der Waals surface area contributed by atoms with E-state index < -0.39 is 10.0 Å². The van der Waals surface area contributed by atoms with Gasteiger partial charge >= 0.3 is 0 Å². The summed E-state index contributed by atoms with van der Waals surface area (Å²) in [5.41, 5.74) is 6.24. The Labute approximate surface area is 118 Å². The van der Waals surface area contributed by atoms with Gasteiger partial charge in [0.1, 0.15) is 4.90 Å². The van der Waals surface area contributed by atoms with Crippen LogP contribution in [0.15, 0.2) is 4.90 Å². The lowest BCUT2D eigenvalue weighted by atomic mass is 10.3. The molecule has 114 valence electrons. The maximum Gasteiger partial charge on any atom is 0.248 e. The van der Waals surface area contributed by atoms with Gasteiger partial charge in [-0.2, -0.15) is 9.40 Å². The van der Waals surface area contributed by atoms with E-state index in [1.54, 1.807) is 14.0 Å². The molecule has 1 aliphatic heterocycles. The molecule has 0 saturated carbocycles. The molecule has 2 unspecified atom stereocenters. The molecular formula is C11H20N4O4S. The van der Waals surface area contributed by atoms with Gasteiger partial charge < -0.3 is 15.2 Å². The highest BCUT2D eigenvalue weighted by Crippen LogP contribution is 2.29. The molecule has 1 aromatic heterocycles. The number of nitrogens with two attached hydrogens (primary N) is 1. The minimum atomic E-state index is -3.70. The van der Waals surface area contributed by atoms with Crippen molar-refractivity contribution in [3.8, 4) is 0 Å². The van der Waals surface area contributed by atoms with Crippen LogP contribution in [0.3, 0.4) is 0 Å². The Morgan fingerprint density at radius 3 is 2.10 bits per heavy atom. The third-order valence-electron chi connectivity index (χ3n) is 3.69. The normalized spacial score (nSPS) is 24.4. The van der Waals surface area contributed by atoms with Crippen molar-refractivity contribution in [2.24, 2.45) is 7.05 Å². The van der Waals surface area contributed by atoms with Crippen molar-refractivity contribution in [2.75, 3.05) is 33.0 Å². The van der Waals surface area contributed by atoms with Gasteiger partial charge in [-0.3, -0.25) is 4.68 Å². The van der Waals surface area contributed by atoms with Crippen LogP contribution in [-0.2, 0) is 26.5 Å². The first-order valence-corrected chi connectivity index (χ1v) is 7.61. The van der Waals surface area contributed by atoms with E-state index in [1.165, 1.54) is 23.2 Å². The van der Waals surface area contributed by atoms with E-state index in [2.05, 4.69) is 5.10 Å². The van der Waals surface area contributed by atoms with E-state index in [1.807, 2.05) is 0 Å². The third-order valence-corrected chi connectivity index (χ3v) is 5.69. The standard InChI is InChI=1S/C11H20N4O4S/c1-7-10(11(12)13-14(7)2)20(16,17)15-5-8(18-3)9(6-15)19-4/h8-9H,5-6H2,1-4H3,(H2,12,13). The fraction of sp³-hybridized carbons (Fsp3) is 0.727. The van der Waals surface area contributed by atoms with Crippen LogP contribution < -0.4 is 5.73 Å². The Balaban J connectivity index is 2.37. The summed E-state index contributed by atoms with van der Waals surface area (Å²) in [5.74, 6) is 0.0137. The summed E-state index contributed by atoms with van der Waals surface area (Å²) in [6, 6.07) is 0. The first-order valence-electron chi connectivity index (χ1n) is 6.17. The second-order valence-corrected chi connectivity index (χ2v) is 6.67. The van der Waals surface area contributed by atoms with Crippen molar-refractivity contribution < 1.29 is 17.9 Å². The first-order chi connectivity index (χ1) is 9.32. The van der Waals surface area contributed by atoms with Crippen LogP contribution in [0, 0.1) is 6.92 Å². The van der Waals surface area contributed by atoms with Gasteiger partial charge in [-0.05, 0) is 6.92 Å². The number of sulfonamides is 1. The van der Waals surface area contributed by atoms with E-state index in [4.69, 9.17) is 15.2 Å². The Bertz CT molecular complexity index is 586. The number of anilines is 1. The van der Waals surface area contributed by atoms with Crippen molar-refractivity contribution in [3.63, 3.8) is 0 Å². The second kappa shape index (κ2) is 5.32. The fourth-order valence-electron chi connectivity index (χ4n) is 2.42. The van der Waals surface area contributed by atoms with E-state index in [0.717, 1.165) is 0 Å². The zero-order valence-corrected chi connectivity index (χ0v) is 12.8. The number of nitrogen functional groups attached to an aromatic ring is 1. The van der Waals surface area contributed by atoms with Gasteiger partial charge in [-0.25, -0.2) is 8.42 Å². The van der Waals surface area contributed by atoms with E-state index in [0.29, 0.717) is 5.69 Å². The van der Waals surface area contributed by atoms with Crippen molar-refractivity contribution in [3.05, 3.63) is 5.69 Å². The predicted molar refractivity (Wildman–Crippen MR) is 72.7 cm³/mol. The Hall–Kier alpha value is -1.16. The molecule has 1 aliphatic rings. The summed E-state index contributed by atoms with van der Waals surface area (Å²) in [7, 11) is 1.03. The van der Waals surface area contributed by atoms with Crippen LogP contribution in [0.25, 0.3) is 0 Å². The van der Waals surface area contributed by atoms with Gasteiger partial charge in [-0.15, -0.1) is 0 Å². The number of rotatable bonds is 4. The molecular weight excluding hydrogens is 284 g/mol. The summed E-state index contributed by atoms with van der Waals surface area (Å²) in [4.78, 5) is 0.0617. The first kappa shape index (κ1) is 15.2. The highest BCUT2D eigenvalue weighted by molar-refractivity contribution is 7.89. The number of hydrogen-bond acceptors (Lipinski definition) is 6. The topological polar surface area (TPSA) is 99.7 Å². The smallest absolute Gasteiger partial charge is 0.248 e. The monoisotopic (exact) mass is 304 g/mol. The molecule has 0 bridgehead atoms. The van der Waals surface area contributed by atoms with Gasteiger partial charge in [0.15, 0.2) is 5.82 Å². The summed E-state index contributed by atoms with van der Waals surface area (Å²) >= 11 is 0. The molecule has 1 aromatic rings. The van der Waals surface area contributed by atoms with Crippen LogP contribution in [0.2, 0.25) is 0 Å². The Morgan fingerprint density at radius 2 is 1.75 bits per heavy atom. The molecule has 0 amide bonds. The summed E-state index contributed by atoms with van der Waals surface area (Å²) < 4.78 is 38.7. The van der Waals surface area contributed by atoms with Gasteiger partial charge in [0.05, 0.1) is 17.9 Å². The molecule has 2 rings (SSSR count). The SMILES string of the molecule is COC1CN(S(=O)(=O)c2c(N)nn(C)c2C)CC1OC. The minimum Gasteiger partial charge on any atom is -0.381 e. The van der Waals surface area contributed by atoms with Gasteiger partial charge in [0.2, 0.25) is 10.0 Å². The molecule has 9 heteroatoms. The molecule has 8 nitrogen and oxygen atoms in total. The van der Waals surface area contributed by atoms with Gasteiger partial charge in [0.25, 0.3) is 0 Å². The second-order valence-electron chi connectivity index (χ2n) is 4.79. The number of hydrogen-bond donors (Lipinski definition) is 1. The average Bonchev–Trinajstić information content (AvgIpc) is 2.91. The minimum absolute atomic E-state index is 0.0137. The molecule has 2 N–H and O–H groups in total. The maximum atomic E-state index is 12.7. The van der Waals surface area contributed by atoms with Gasteiger partial charge in [-0.1, -0.05) is 0 Å². The van der Waals surface area contributed by atoms with Crippen LogP contribution in [0.5, 0.6) is 0 Å². The number of aryl methyl sites for hydroxylation is 1. The van der Waals surface area contributed by atoms with E-state index in [9.17, 15) is 8.42 Å². The van der Waals surface area contributed by atoms with Crippen LogP contribution in [0.4, 0.5) is 5.82 Å². The average molecular weight is 304 g/mol. The number of nitrogens with zero attached hydrogens (tertiary/aromatic N) is 3. The van der Waals surface area contributed by atoms with Crippen molar-refractivity contribution in [1.82, 2.24) is 14.1 Å². The van der Waals surface area contributed by atoms with Crippen LogP contribution in [-0.4, -0.2) is 62.0 Å². The molecule has 2 atom stereocenters. The van der Waals surface area contributed by atoms with Crippen LogP contribution in [0.1, 0.15) is 5.69 Å². The molecule has 0 aliphatic carbocycles. The molecule has 0 radical (unpaired) electrons. The molecule has 20 heavy (non-hydrogen) atoms. The number of ether oxygens (including phenoxy) is 2. The quantitative estimate of drug-likeness (QED) is 0.793. The lowest BCUT2D eigenvalue weighted by Gasteiger charge is -2.15. The van der Waals surface area contributed by atoms with Crippen molar-refractivity contribution >= 4 is 15.8 Å². The zero-order chi connectivity index (χ0) is 15.1. The highest BCUT2D eigenvalue weighted by atomic mass is 32.2. The van der Waals surface area contributed by atoms with E-state index in [-0.39, 0.29) is 36.0 Å². The van der Waals surface area contributed by atoms with E-state index >= 15 is 0 Å². The van der Waals surface area contributed by atoms with Crippen molar-refractivity contribution in [2.45, 2.75) is 24.0 Å². The van der Waals surface area contributed by atoms with Gasteiger partial charge in [0, 0.05) is 34.4 Å². The maximum absolute atomic E-state index is 12.7. The molecule has 0 spiro atoms. The lowest BCUT2D eigenvalue weighted by Crippen LogP contribution is -2.31. The highest BCUT2D eigenvalue weighted by Gasteiger charge is 2.41.